The molecular weight excluding hydrogens is 274 g/mol. The molecule has 0 radical (unpaired) electrons. The fourth-order valence-corrected chi connectivity index (χ4v) is 2.57. The largest absolute Gasteiger partial charge is 0.494 e. The lowest BCUT2D eigenvalue weighted by atomic mass is 10.0. The van der Waals surface area contributed by atoms with Gasteiger partial charge in [-0.1, -0.05) is 32.9 Å². The first-order valence-corrected chi connectivity index (χ1v) is 8.72. The van der Waals surface area contributed by atoms with Gasteiger partial charge < -0.3 is 4.74 Å². The number of ether oxygens (including phenoxy) is 1. The highest BCUT2D eigenvalue weighted by atomic mass is 32.2. The summed E-state index contributed by atoms with van der Waals surface area (Å²) in [5.41, 5.74) is 1.29. The summed E-state index contributed by atoms with van der Waals surface area (Å²) < 4.78 is 27.4. The van der Waals surface area contributed by atoms with Crippen LogP contribution in [0.1, 0.15) is 45.1 Å². The molecule has 2 N–H and O–H groups in total. The van der Waals surface area contributed by atoms with E-state index in [4.69, 9.17) is 9.88 Å². The number of rotatable bonds is 8. The molecule has 0 amide bonds. The number of hydrogen-bond donors (Lipinski definition) is 1. The quantitative estimate of drug-likeness (QED) is 0.802. The van der Waals surface area contributed by atoms with Crippen LogP contribution in [0.25, 0.3) is 0 Å². The van der Waals surface area contributed by atoms with Gasteiger partial charge in [0.1, 0.15) is 5.75 Å². The number of hydrogen-bond acceptors (Lipinski definition) is 3. The summed E-state index contributed by atoms with van der Waals surface area (Å²) in [4.78, 5) is 0. The van der Waals surface area contributed by atoms with Gasteiger partial charge in [-0.15, -0.1) is 0 Å². The fraction of sp³-hybridized carbons (Fsp3) is 0.600. The monoisotopic (exact) mass is 299 g/mol. The molecule has 1 rings (SSSR count). The molecule has 4 nitrogen and oxygen atoms in total. The Kier molecular flexibility index (Phi) is 6.49. The molecule has 0 bridgehead atoms. The second-order valence-corrected chi connectivity index (χ2v) is 7.36. The first-order valence-electron chi connectivity index (χ1n) is 7.01. The van der Waals surface area contributed by atoms with E-state index in [9.17, 15) is 8.42 Å². The molecule has 0 aliphatic rings. The van der Waals surface area contributed by atoms with Gasteiger partial charge in [0.2, 0.25) is 10.0 Å². The van der Waals surface area contributed by atoms with E-state index in [-0.39, 0.29) is 11.7 Å². The lowest BCUT2D eigenvalue weighted by molar-refractivity contribution is 0.282. The van der Waals surface area contributed by atoms with E-state index in [0.29, 0.717) is 18.9 Å². The van der Waals surface area contributed by atoms with E-state index in [1.54, 1.807) is 0 Å². The molecule has 5 heteroatoms. The molecule has 1 unspecified atom stereocenters. The Balaban J connectivity index is 2.30. The van der Waals surface area contributed by atoms with Gasteiger partial charge in [0.25, 0.3) is 0 Å². The summed E-state index contributed by atoms with van der Waals surface area (Å²) in [5.74, 6) is 1.69. The third-order valence-electron chi connectivity index (χ3n) is 3.32. The summed E-state index contributed by atoms with van der Waals surface area (Å²) in [6, 6.07) is 8.10. The van der Waals surface area contributed by atoms with E-state index in [2.05, 4.69) is 26.0 Å². The normalized spacial score (nSPS) is 13.4. The first-order chi connectivity index (χ1) is 9.28. The highest BCUT2D eigenvalue weighted by Gasteiger charge is 2.08. The maximum Gasteiger partial charge on any atom is 0.209 e. The van der Waals surface area contributed by atoms with Gasteiger partial charge in [-0.3, -0.25) is 0 Å². The fourth-order valence-electron chi connectivity index (χ4n) is 1.84. The van der Waals surface area contributed by atoms with Crippen molar-refractivity contribution in [2.75, 3.05) is 12.4 Å². The molecule has 0 heterocycles. The van der Waals surface area contributed by atoms with Crippen LogP contribution in [0.15, 0.2) is 24.3 Å². The molecular formula is C15H25NO3S. The zero-order valence-electron chi connectivity index (χ0n) is 12.5. The van der Waals surface area contributed by atoms with Crippen LogP contribution in [-0.4, -0.2) is 20.8 Å². The van der Waals surface area contributed by atoms with Gasteiger partial charge in [0.15, 0.2) is 0 Å². The molecule has 1 aromatic carbocycles. The first kappa shape index (κ1) is 17.0. The van der Waals surface area contributed by atoms with E-state index < -0.39 is 10.0 Å². The average molecular weight is 299 g/mol. The lowest BCUT2D eigenvalue weighted by Crippen LogP contribution is -2.18. The van der Waals surface area contributed by atoms with Crippen LogP contribution in [0, 0.1) is 5.92 Å². The Hall–Kier alpha value is -1.07. The smallest absolute Gasteiger partial charge is 0.209 e. The van der Waals surface area contributed by atoms with Crippen LogP contribution in [0.3, 0.4) is 0 Å². The molecule has 0 spiro atoms. The standard InChI is InChI=1S/C15H25NO3S/c1-12(2)14-4-6-15(7-5-14)19-10-8-13(3)9-11-20(16,17)18/h4-7,12-13H,8-11H2,1-3H3,(H2,16,17,18). The van der Waals surface area contributed by atoms with Crippen molar-refractivity contribution >= 4 is 10.0 Å². The van der Waals surface area contributed by atoms with Gasteiger partial charge in [-0.05, 0) is 42.4 Å². The maximum absolute atomic E-state index is 10.9. The average Bonchev–Trinajstić information content (AvgIpc) is 2.36. The van der Waals surface area contributed by atoms with Crippen molar-refractivity contribution in [1.82, 2.24) is 0 Å². The third-order valence-corrected chi connectivity index (χ3v) is 4.13. The Morgan fingerprint density at radius 3 is 2.20 bits per heavy atom. The van der Waals surface area contributed by atoms with Crippen molar-refractivity contribution < 1.29 is 13.2 Å². The van der Waals surface area contributed by atoms with Crippen molar-refractivity contribution in [2.45, 2.75) is 39.5 Å². The number of nitrogens with two attached hydrogens (primary N) is 1. The lowest BCUT2D eigenvalue weighted by Gasteiger charge is -2.12. The Bertz CT molecular complexity index is 494. The van der Waals surface area contributed by atoms with Crippen molar-refractivity contribution in [1.29, 1.82) is 0 Å². The predicted molar refractivity (Wildman–Crippen MR) is 82.4 cm³/mol. The number of primary sulfonamides is 1. The zero-order valence-corrected chi connectivity index (χ0v) is 13.3. The minimum Gasteiger partial charge on any atom is -0.494 e. The van der Waals surface area contributed by atoms with Crippen LogP contribution >= 0.6 is 0 Å². The van der Waals surface area contributed by atoms with Crippen LogP contribution in [-0.2, 0) is 10.0 Å². The summed E-state index contributed by atoms with van der Waals surface area (Å²) >= 11 is 0. The predicted octanol–water partition coefficient (Wildman–Crippen LogP) is 2.89. The van der Waals surface area contributed by atoms with E-state index in [1.807, 2.05) is 19.1 Å². The van der Waals surface area contributed by atoms with E-state index >= 15 is 0 Å². The SMILES string of the molecule is CC(CCOc1ccc(C(C)C)cc1)CCS(N)(=O)=O. The summed E-state index contributed by atoms with van der Waals surface area (Å²) in [6.45, 7) is 6.91. The minimum atomic E-state index is -3.35. The van der Waals surface area contributed by atoms with Gasteiger partial charge in [0, 0.05) is 0 Å². The molecule has 20 heavy (non-hydrogen) atoms. The summed E-state index contributed by atoms with van der Waals surface area (Å²) in [5, 5.41) is 4.98. The van der Waals surface area contributed by atoms with Crippen molar-refractivity contribution in [3.05, 3.63) is 29.8 Å². The molecule has 0 saturated carbocycles. The van der Waals surface area contributed by atoms with E-state index in [0.717, 1.165) is 12.2 Å². The van der Waals surface area contributed by atoms with Crippen molar-refractivity contribution in [3.8, 4) is 5.75 Å². The number of sulfonamides is 1. The van der Waals surface area contributed by atoms with Gasteiger partial charge in [-0.25, -0.2) is 13.6 Å². The van der Waals surface area contributed by atoms with Gasteiger partial charge in [-0.2, -0.15) is 0 Å². The van der Waals surface area contributed by atoms with Crippen LogP contribution in [0.2, 0.25) is 0 Å². The Labute approximate surface area is 122 Å². The second kappa shape index (κ2) is 7.64. The van der Waals surface area contributed by atoms with Crippen molar-refractivity contribution in [3.63, 3.8) is 0 Å². The molecule has 1 aromatic rings. The number of benzene rings is 1. The van der Waals surface area contributed by atoms with Crippen LogP contribution in [0.5, 0.6) is 5.75 Å². The highest BCUT2D eigenvalue weighted by Crippen LogP contribution is 2.19. The maximum atomic E-state index is 10.9. The Morgan fingerprint density at radius 1 is 1.10 bits per heavy atom. The van der Waals surface area contributed by atoms with Crippen LogP contribution < -0.4 is 9.88 Å². The molecule has 0 aliphatic heterocycles. The summed E-state index contributed by atoms with van der Waals surface area (Å²) in [7, 11) is -3.35. The molecule has 1 atom stereocenters. The van der Waals surface area contributed by atoms with Crippen molar-refractivity contribution in [2.24, 2.45) is 11.1 Å². The molecule has 0 fully saturated rings. The van der Waals surface area contributed by atoms with Crippen LogP contribution in [0.4, 0.5) is 0 Å². The third kappa shape index (κ3) is 6.91. The van der Waals surface area contributed by atoms with Gasteiger partial charge >= 0.3 is 0 Å². The topological polar surface area (TPSA) is 69.4 Å². The Morgan fingerprint density at radius 2 is 1.70 bits per heavy atom. The minimum absolute atomic E-state index is 0.0389. The second-order valence-electron chi connectivity index (χ2n) is 5.62. The molecule has 0 aliphatic carbocycles. The summed E-state index contributed by atoms with van der Waals surface area (Å²) in [6.07, 6.45) is 1.40. The highest BCUT2D eigenvalue weighted by molar-refractivity contribution is 7.89. The molecule has 114 valence electrons. The zero-order chi connectivity index (χ0) is 15.2. The molecule has 0 saturated heterocycles. The van der Waals surface area contributed by atoms with E-state index in [1.165, 1.54) is 5.56 Å². The van der Waals surface area contributed by atoms with Gasteiger partial charge in [0.05, 0.1) is 12.4 Å². The molecule has 0 aromatic heterocycles.